The van der Waals surface area contributed by atoms with Crippen LogP contribution in [0.15, 0.2) is 0 Å². The van der Waals surface area contributed by atoms with Crippen molar-refractivity contribution in [1.29, 1.82) is 0 Å². The number of Topliss-reactive ketones (excluding diaryl/α,β-unsaturated/α-hetero) is 1. The third-order valence-corrected chi connectivity index (χ3v) is 5.84. The van der Waals surface area contributed by atoms with Gasteiger partial charge in [-0.1, -0.05) is 20.8 Å². The molecule has 16 heavy (non-hydrogen) atoms. The molecule has 0 aromatic rings. The standard InChI is InChI=1S/C14H22O2/c1-8-6-7-14(16)10(15)5-4-9-12(11(8)14)13(9,2)3/h8-9,11-12,16H,4-7H2,1-3H3. The average Bonchev–Trinajstić information content (AvgIpc) is 2.64. The second-order valence-corrected chi connectivity index (χ2v) is 6.88. The lowest BCUT2D eigenvalue weighted by atomic mass is 9.77. The zero-order valence-corrected chi connectivity index (χ0v) is 10.5. The van der Waals surface area contributed by atoms with E-state index in [-0.39, 0.29) is 11.7 Å². The molecule has 1 N–H and O–H groups in total. The van der Waals surface area contributed by atoms with E-state index in [1.165, 1.54) is 0 Å². The van der Waals surface area contributed by atoms with Crippen LogP contribution in [0.1, 0.15) is 46.5 Å². The Morgan fingerprint density at radius 2 is 1.94 bits per heavy atom. The Kier molecular flexibility index (Phi) is 1.95. The van der Waals surface area contributed by atoms with Crippen LogP contribution < -0.4 is 0 Å². The van der Waals surface area contributed by atoms with Gasteiger partial charge < -0.3 is 5.11 Å². The summed E-state index contributed by atoms with van der Waals surface area (Å²) in [6.07, 6.45) is 3.33. The van der Waals surface area contributed by atoms with E-state index in [9.17, 15) is 9.90 Å². The van der Waals surface area contributed by atoms with Gasteiger partial charge in [0.1, 0.15) is 5.60 Å². The van der Waals surface area contributed by atoms with Crippen LogP contribution in [-0.2, 0) is 4.79 Å². The molecule has 0 spiro atoms. The van der Waals surface area contributed by atoms with E-state index in [1.807, 2.05) is 0 Å². The summed E-state index contributed by atoms with van der Waals surface area (Å²) in [6.45, 7) is 6.83. The molecule has 3 aliphatic rings. The van der Waals surface area contributed by atoms with Gasteiger partial charge in [0.15, 0.2) is 5.78 Å². The van der Waals surface area contributed by atoms with Crippen molar-refractivity contribution in [3.05, 3.63) is 0 Å². The third-order valence-electron chi connectivity index (χ3n) is 5.84. The first-order chi connectivity index (χ1) is 7.39. The number of aliphatic hydroxyl groups is 1. The topological polar surface area (TPSA) is 37.3 Å². The molecule has 0 aromatic heterocycles. The second-order valence-electron chi connectivity index (χ2n) is 6.88. The molecule has 5 atom stereocenters. The largest absolute Gasteiger partial charge is 0.382 e. The fraction of sp³-hybridized carbons (Fsp3) is 0.929. The molecule has 5 unspecified atom stereocenters. The number of hydrogen-bond donors (Lipinski definition) is 1. The maximum Gasteiger partial charge on any atom is 0.164 e. The quantitative estimate of drug-likeness (QED) is 0.683. The maximum absolute atomic E-state index is 12.1. The molecule has 3 saturated carbocycles. The smallest absolute Gasteiger partial charge is 0.164 e. The fourth-order valence-electron chi connectivity index (χ4n) is 4.80. The molecule has 0 heterocycles. The molecular formula is C14H22O2. The number of hydrogen-bond acceptors (Lipinski definition) is 2. The Hall–Kier alpha value is -0.370. The van der Waals surface area contributed by atoms with Gasteiger partial charge in [0, 0.05) is 12.3 Å². The van der Waals surface area contributed by atoms with Gasteiger partial charge in [-0.25, -0.2) is 0 Å². The molecule has 0 saturated heterocycles. The van der Waals surface area contributed by atoms with Crippen LogP contribution in [0.4, 0.5) is 0 Å². The van der Waals surface area contributed by atoms with Gasteiger partial charge >= 0.3 is 0 Å². The predicted molar refractivity (Wildman–Crippen MR) is 61.8 cm³/mol. The number of carbonyl (C=O) groups is 1. The molecule has 0 aliphatic heterocycles. The van der Waals surface area contributed by atoms with E-state index in [1.54, 1.807) is 0 Å². The van der Waals surface area contributed by atoms with Crippen molar-refractivity contribution in [2.45, 2.75) is 52.1 Å². The van der Waals surface area contributed by atoms with Crippen molar-refractivity contribution in [2.75, 3.05) is 0 Å². The Morgan fingerprint density at radius 1 is 1.25 bits per heavy atom. The van der Waals surface area contributed by atoms with Gasteiger partial charge in [-0.3, -0.25) is 4.79 Å². The summed E-state index contributed by atoms with van der Waals surface area (Å²) in [5.41, 5.74) is -0.607. The van der Waals surface area contributed by atoms with Gasteiger partial charge in [-0.05, 0) is 42.4 Å². The third kappa shape index (κ3) is 1.09. The van der Waals surface area contributed by atoms with Gasteiger partial charge in [0.05, 0.1) is 0 Å². The van der Waals surface area contributed by atoms with Crippen LogP contribution in [0.3, 0.4) is 0 Å². The van der Waals surface area contributed by atoms with Gasteiger partial charge in [0.2, 0.25) is 0 Å². The molecule has 90 valence electrons. The molecule has 0 radical (unpaired) electrons. The van der Waals surface area contributed by atoms with E-state index < -0.39 is 5.60 Å². The molecule has 2 heteroatoms. The molecular weight excluding hydrogens is 200 g/mol. The van der Waals surface area contributed by atoms with Crippen molar-refractivity contribution in [3.63, 3.8) is 0 Å². The monoisotopic (exact) mass is 222 g/mol. The number of fused-ring (bicyclic) bond motifs is 3. The molecule has 3 fully saturated rings. The molecule has 0 bridgehead atoms. The summed E-state index contributed by atoms with van der Waals surface area (Å²) in [5.74, 6) is 2.14. The van der Waals surface area contributed by atoms with Gasteiger partial charge in [-0.15, -0.1) is 0 Å². The van der Waals surface area contributed by atoms with Crippen LogP contribution >= 0.6 is 0 Å². The molecule has 3 aliphatic carbocycles. The number of carbonyl (C=O) groups excluding carboxylic acids is 1. The molecule has 0 aromatic carbocycles. The number of rotatable bonds is 0. The first-order valence-electron chi connectivity index (χ1n) is 6.64. The van der Waals surface area contributed by atoms with Crippen LogP contribution in [0, 0.1) is 29.1 Å². The van der Waals surface area contributed by atoms with Gasteiger partial charge in [0.25, 0.3) is 0 Å². The second kappa shape index (κ2) is 2.90. The SMILES string of the molecule is CC1CCC2(O)C(=O)CCC3C(C12)C3(C)C. The summed E-state index contributed by atoms with van der Waals surface area (Å²) in [4.78, 5) is 12.1. The zero-order valence-electron chi connectivity index (χ0n) is 10.5. The minimum Gasteiger partial charge on any atom is -0.382 e. The summed E-state index contributed by atoms with van der Waals surface area (Å²) in [7, 11) is 0. The van der Waals surface area contributed by atoms with Crippen molar-refractivity contribution in [3.8, 4) is 0 Å². The van der Waals surface area contributed by atoms with Crippen LogP contribution in [0.25, 0.3) is 0 Å². The summed E-state index contributed by atoms with van der Waals surface area (Å²) in [5, 5.41) is 10.7. The Bertz CT molecular complexity index is 347. The summed E-state index contributed by atoms with van der Waals surface area (Å²) < 4.78 is 0. The first-order valence-corrected chi connectivity index (χ1v) is 6.64. The highest BCUT2D eigenvalue weighted by Gasteiger charge is 2.69. The highest BCUT2D eigenvalue weighted by atomic mass is 16.3. The lowest BCUT2D eigenvalue weighted by Gasteiger charge is -2.31. The molecule has 3 rings (SSSR count). The summed E-state index contributed by atoms with van der Waals surface area (Å²) >= 11 is 0. The molecule has 0 amide bonds. The summed E-state index contributed by atoms with van der Waals surface area (Å²) in [6, 6.07) is 0. The van der Waals surface area contributed by atoms with E-state index in [4.69, 9.17) is 0 Å². The highest BCUT2D eigenvalue weighted by Crippen LogP contribution is 2.70. The Balaban J connectivity index is 2.01. The van der Waals surface area contributed by atoms with E-state index >= 15 is 0 Å². The van der Waals surface area contributed by atoms with E-state index in [0.29, 0.717) is 36.0 Å². The van der Waals surface area contributed by atoms with Crippen molar-refractivity contribution < 1.29 is 9.90 Å². The Labute approximate surface area is 97.4 Å². The van der Waals surface area contributed by atoms with Crippen LogP contribution in [0.2, 0.25) is 0 Å². The van der Waals surface area contributed by atoms with E-state index in [2.05, 4.69) is 20.8 Å². The zero-order chi connectivity index (χ0) is 11.7. The van der Waals surface area contributed by atoms with Crippen LogP contribution in [-0.4, -0.2) is 16.5 Å². The maximum atomic E-state index is 12.1. The van der Waals surface area contributed by atoms with Crippen molar-refractivity contribution >= 4 is 5.78 Å². The normalized spacial score (nSPS) is 54.1. The van der Waals surface area contributed by atoms with Crippen LogP contribution in [0.5, 0.6) is 0 Å². The fourth-order valence-corrected chi connectivity index (χ4v) is 4.80. The number of ketones is 1. The minimum atomic E-state index is -0.966. The van der Waals surface area contributed by atoms with E-state index in [0.717, 1.165) is 12.8 Å². The minimum absolute atomic E-state index is 0.129. The Morgan fingerprint density at radius 3 is 2.62 bits per heavy atom. The first kappa shape index (κ1) is 10.8. The van der Waals surface area contributed by atoms with Crippen molar-refractivity contribution in [2.24, 2.45) is 29.1 Å². The lowest BCUT2D eigenvalue weighted by Crippen LogP contribution is -2.44. The average molecular weight is 222 g/mol. The van der Waals surface area contributed by atoms with Crippen molar-refractivity contribution in [1.82, 2.24) is 0 Å². The highest BCUT2D eigenvalue weighted by molar-refractivity contribution is 5.88. The van der Waals surface area contributed by atoms with Gasteiger partial charge in [-0.2, -0.15) is 0 Å². The lowest BCUT2D eigenvalue weighted by molar-refractivity contribution is -0.142. The predicted octanol–water partition coefficient (Wildman–Crippen LogP) is 2.40. The molecule has 2 nitrogen and oxygen atoms in total.